The topological polar surface area (TPSA) is 87.5 Å². The molecule has 1 fully saturated rings. The van der Waals surface area contributed by atoms with Crippen molar-refractivity contribution in [3.05, 3.63) is 70.2 Å². The first-order chi connectivity index (χ1) is 15.5. The monoisotopic (exact) mass is 434 g/mol. The predicted octanol–water partition coefficient (Wildman–Crippen LogP) is 3.36. The highest BCUT2D eigenvalue weighted by Gasteiger charge is 2.34. The molecule has 7 heteroatoms. The van der Waals surface area contributed by atoms with Gasteiger partial charge in [0, 0.05) is 19.9 Å². The lowest BCUT2D eigenvalue weighted by atomic mass is 9.92. The van der Waals surface area contributed by atoms with Gasteiger partial charge in [-0.15, -0.1) is 0 Å². The second-order valence-electron chi connectivity index (χ2n) is 8.35. The lowest BCUT2D eigenvalue weighted by Gasteiger charge is -2.37. The van der Waals surface area contributed by atoms with Gasteiger partial charge in [-0.3, -0.25) is 20.1 Å². The van der Waals surface area contributed by atoms with E-state index in [1.807, 2.05) is 25.1 Å². The molecule has 2 aromatic rings. The summed E-state index contributed by atoms with van der Waals surface area (Å²) in [6, 6.07) is 5.89. The first kappa shape index (κ1) is 22.0. The predicted molar refractivity (Wildman–Crippen MR) is 123 cm³/mol. The standard InChI is InChI=1S/C25H30N4O3/c1-16-17(2)24-21(25(30)29(15-32-24)20-5-4-10-31-14-20)12-19(16)11-18-6-7-23(28-13-18)22(26)8-9-27-3/h6-9,12-13,20,26-27H,4-5,10-11,14-15H2,1-3H3/b9-8-,26-22?/t20-/m1/s1. The van der Waals surface area contributed by atoms with Gasteiger partial charge >= 0.3 is 0 Å². The van der Waals surface area contributed by atoms with Crippen molar-refractivity contribution in [3.8, 4) is 5.75 Å². The molecule has 0 unspecified atom stereocenters. The molecule has 2 aliphatic rings. The molecule has 1 aromatic heterocycles. The van der Waals surface area contributed by atoms with Crippen LogP contribution in [0.1, 0.15) is 51.1 Å². The first-order valence-corrected chi connectivity index (χ1v) is 11.0. The number of hydrogen-bond donors (Lipinski definition) is 2. The number of hydrogen-bond acceptors (Lipinski definition) is 6. The largest absolute Gasteiger partial charge is 0.472 e. The third-order valence-corrected chi connectivity index (χ3v) is 6.28. The van der Waals surface area contributed by atoms with E-state index in [0.717, 1.165) is 41.7 Å². The van der Waals surface area contributed by atoms with Gasteiger partial charge in [-0.1, -0.05) is 6.07 Å². The van der Waals surface area contributed by atoms with E-state index in [2.05, 4.69) is 17.2 Å². The third kappa shape index (κ3) is 4.39. The quantitative estimate of drug-likeness (QED) is 0.681. The number of ether oxygens (including phenoxy) is 2. The van der Waals surface area contributed by atoms with E-state index in [1.54, 1.807) is 30.4 Å². The Morgan fingerprint density at radius 1 is 1.34 bits per heavy atom. The van der Waals surface area contributed by atoms with E-state index in [0.29, 0.717) is 35.7 Å². The lowest BCUT2D eigenvalue weighted by molar-refractivity contribution is -0.0101. The summed E-state index contributed by atoms with van der Waals surface area (Å²) in [7, 11) is 1.79. The second-order valence-corrected chi connectivity index (χ2v) is 8.35. The van der Waals surface area contributed by atoms with Crippen LogP contribution in [0, 0.1) is 19.3 Å². The normalized spacial score (nSPS) is 18.4. The van der Waals surface area contributed by atoms with Crippen LogP contribution in [0.3, 0.4) is 0 Å². The minimum atomic E-state index is 0.0179. The number of fused-ring (bicyclic) bond motifs is 1. The van der Waals surface area contributed by atoms with Crippen LogP contribution in [-0.2, 0) is 11.2 Å². The summed E-state index contributed by atoms with van der Waals surface area (Å²) < 4.78 is 11.6. The molecule has 2 aliphatic heterocycles. The zero-order valence-corrected chi connectivity index (χ0v) is 18.9. The van der Waals surface area contributed by atoms with Gasteiger partial charge in [0.25, 0.3) is 5.91 Å². The summed E-state index contributed by atoms with van der Waals surface area (Å²) >= 11 is 0. The van der Waals surface area contributed by atoms with Crippen molar-refractivity contribution >= 4 is 11.6 Å². The Hall–Kier alpha value is -3.19. The lowest BCUT2D eigenvalue weighted by Crippen LogP contribution is -2.49. The highest BCUT2D eigenvalue weighted by Crippen LogP contribution is 2.35. The van der Waals surface area contributed by atoms with Crippen LogP contribution < -0.4 is 10.1 Å². The molecule has 1 amide bonds. The van der Waals surface area contributed by atoms with Gasteiger partial charge in [-0.05, 0) is 79.8 Å². The van der Waals surface area contributed by atoms with Crippen molar-refractivity contribution in [1.82, 2.24) is 15.2 Å². The highest BCUT2D eigenvalue weighted by atomic mass is 16.5. The maximum absolute atomic E-state index is 13.3. The van der Waals surface area contributed by atoms with Gasteiger partial charge in [0.15, 0.2) is 6.73 Å². The van der Waals surface area contributed by atoms with Crippen molar-refractivity contribution in [2.75, 3.05) is 27.0 Å². The molecular formula is C25H30N4O3. The van der Waals surface area contributed by atoms with Crippen LogP contribution in [0.15, 0.2) is 36.7 Å². The van der Waals surface area contributed by atoms with Gasteiger partial charge < -0.3 is 14.8 Å². The Morgan fingerprint density at radius 2 is 2.19 bits per heavy atom. The summed E-state index contributed by atoms with van der Waals surface area (Å²) in [5.74, 6) is 0.715. The molecule has 1 saturated heterocycles. The summed E-state index contributed by atoms with van der Waals surface area (Å²) in [5.41, 5.74) is 5.84. The SMILES string of the molecule is CN/C=C\C(=N)c1ccc(Cc2cc3c(c(C)c2C)OCN([C@@H]2CCCOC2)C3=O)cn1. The minimum absolute atomic E-state index is 0.0179. The molecule has 1 aromatic carbocycles. The molecule has 2 N–H and O–H groups in total. The summed E-state index contributed by atoms with van der Waals surface area (Å²) in [4.78, 5) is 19.6. The first-order valence-electron chi connectivity index (χ1n) is 11.0. The van der Waals surface area contributed by atoms with E-state index < -0.39 is 0 Å². The fraction of sp³-hybridized carbons (Fsp3) is 0.400. The number of aromatic nitrogens is 1. The third-order valence-electron chi connectivity index (χ3n) is 6.28. The van der Waals surface area contributed by atoms with Crippen LogP contribution in [0.5, 0.6) is 5.75 Å². The average Bonchev–Trinajstić information content (AvgIpc) is 2.82. The van der Waals surface area contributed by atoms with Gasteiger partial charge in [0.2, 0.25) is 0 Å². The summed E-state index contributed by atoms with van der Waals surface area (Å²) in [5, 5.41) is 10.9. The van der Waals surface area contributed by atoms with Gasteiger partial charge in [-0.2, -0.15) is 0 Å². The van der Waals surface area contributed by atoms with Crippen molar-refractivity contribution in [2.45, 2.75) is 39.2 Å². The van der Waals surface area contributed by atoms with Crippen LogP contribution in [0.2, 0.25) is 0 Å². The Bertz CT molecular complexity index is 1040. The Balaban J connectivity index is 1.57. The van der Waals surface area contributed by atoms with Gasteiger partial charge in [-0.25, -0.2) is 0 Å². The average molecular weight is 435 g/mol. The number of pyridine rings is 1. The molecule has 4 rings (SSSR count). The molecule has 7 nitrogen and oxygen atoms in total. The summed E-state index contributed by atoms with van der Waals surface area (Å²) in [6.07, 6.45) is 7.75. The minimum Gasteiger partial charge on any atom is -0.472 e. The van der Waals surface area contributed by atoms with Crippen LogP contribution in [0.4, 0.5) is 0 Å². The van der Waals surface area contributed by atoms with Crippen molar-refractivity contribution in [3.63, 3.8) is 0 Å². The number of carbonyl (C=O) groups is 1. The van der Waals surface area contributed by atoms with Crippen molar-refractivity contribution in [1.29, 1.82) is 5.41 Å². The molecule has 0 saturated carbocycles. The molecule has 32 heavy (non-hydrogen) atoms. The molecule has 1 atom stereocenters. The zero-order valence-electron chi connectivity index (χ0n) is 18.9. The Morgan fingerprint density at radius 3 is 2.88 bits per heavy atom. The Labute approximate surface area is 188 Å². The number of nitrogens with one attached hydrogen (secondary N) is 2. The number of amides is 1. The van der Waals surface area contributed by atoms with E-state index in [9.17, 15) is 4.79 Å². The molecule has 0 aliphatic carbocycles. The number of allylic oxidation sites excluding steroid dienone is 1. The number of nitrogens with zero attached hydrogens (tertiary/aromatic N) is 2. The van der Waals surface area contributed by atoms with Crippen molar-refractivity contribution < 1.29 is 14.3 Å². The molecule has 0 radical (unpaired) electrons. The molecule has 0 bridgehead atoms. The molecule has 168 valence electrons. The molecule has 0 spiro atoms. The van der Waals surface area contributed by atoms with E-state index in [4.69, 9.17) is 14.9 Å². The van der Waals surface area contributed by atoms with Gasteiger partial charge in [0.05, 0.1) is 29.6 Å². The van der Waals surface area contributed by atoms with Crippen molar-refractivity contribution in [2.24, 2.45) is 0 Å². The summed E-state index contributed by atoms with van der Waals surface area (Å²) in [6.45, 7) is 5.69. The fourth-order valence-corrected chi connectivity index (χ4v) is 4.24. The fourth-order valence-electron chi connectivity index (χ4n) is 4.24. The maximum atomic E-state index is 13.3. The molecular weight excluding hydrogens is 404 g/mol. The smallest absolute Gasteiger partial charge is 0.260 e. The van der Waals surface area contributed by atoms with Crippen LogP contribution in [0.25, 0.3) is 0 Å². The number of rotatable bonds is 6. The second kappa shape index (κ2) is 9.53. The van der Waals surface area contributed by atoms with E-state index in [-0.39, 0.29) is 18.7 Å². The number of carbonyl (C=O) groups excluding carboxylic acids is 1. The van der Waals surface area contributed by atoms with Crippen LogP contribution in [-0.4, -0.2) is 54.5 Å². The van der Waals surface area contributed by atoms with Crippen LogP contribution >= 0.6 is 0 Å². The zero-order chi connectivity index (χ0) is 22.7. The number of benzene rings is 1. The highest BCUT2D eigenvalue weighted by molar-refractivity contribution is 6.04. The molecule has 3 heterocycles. The maximum Gasteiger partial charge on any atom is 0.260 e. The van der Waals surface area contributed by atoms with E-state index in [1.165, 1.54) is 0 Å². The van der Waals surface area contributed by atoms with E-state index >= 15 is 0 Å². The Kier molecular flexibility index (Phi) is 6.55. The van der Waals surface area contributed by atoms with Gasteiger partial charge in [0.1, 0.15) is 5.75 Å².